The van der Waals surface area contributed by atoms with Gasteiger partial charge in [-0.05, 0) is 31.9 Å². The normalized spacial score (nSPS) is 7.17. The molecule has 0 aliphatic carbocycles. The molecule has 8 nitrogen and oxygen atoms in total. The molecule has 0 fully saturated rings. The Labute approximate surface area is 148 Å². The van der Waals surface area contributed by atoms with Crippen LogP contribution in [0, 0.1) is 0 Å². The second kappa shape index (κ2) is 22.5. The largest absolute Gasteiger partial charge is 2.00 e. The summed E-state index contributed by atoms with van der Waals surface area (Å²) in [6.45, 7) is 13.3. The van der Waals surface area contributed by atoms with Crippen molar-refractivity contribution in [2.45, 2.75) is 20.8 Å². The van der Waals surface area contributed by atoms with Crippen LogP contribution in [0.2, 0.25) is 0 Å². The molecule has 128 valence electrons. The first kappa shape index (κ1) is 32.9. The maximum Gasteiger partial charge on any atom is 2.00 e. The van der Waals surface area contributed by atoms with Gasteiger partial charge >= 0.3 is 25.4 Å². The minimum atomic E-state index is -1.19. The van der Waals surface area contributed by atoms with Crippen LogP contribution in [0.1, 0.15) is 20.8 Å². The van der Waals surface area contributed by atoms with Crippen molar-refractivity contribution in [3.8, 4) is 0 Å². The van der Waals surface area contributed by atoms with Crippen LogP contribution in [0.3, 0.4) is 0 Å². The van der Waals surface area contributed by atoms with E-state index in [-0.39, 0.29) is 49.4 Å². The second-order valence-electron chi connectivity index (χ2n) is 3.67. The summed E-state index contributed by atoms with van der Waals surface area (Å²) in [4.78, 5) is 28.6. The molecule has 0 heterocycles. The topological polar surface area (TPSA) is 158 Å². The van der Waals surface area contributed by atoms with E-state index in [4.69, 9.17) is 15.3 Å². The number of aliphatic carboxylic acids is 3. The third kappa shape index (κ3) is 53.4. The van der Waals surface area contributed by atoms with Gasteiger partial charge in [-0.25, -0.2) is 4.79 Å². The third-order valence-electron chi connectivity index (χ3n) is 1.16. The van der Waals surface area contributed by atoms with Crippen LogP contribution in [0.25, 0.3) is 0 Å². The van der Waals surface area contributed by atoms with E-state index < -0.39 is 17.9 Å². The number of carboxylic acids is 3. The van der Waals surface area contributed by atoms with Crippen LogP contribution in [-0.4, -0.2) is 46.4 Å². The van der Waals surface area contributed by atoms with Crippen molar-refractivity contribution in [1.29, 1.82) is 0 Å². The summed E-state index contributed by atoms with van der Waals surface area (Å²) in [6, 6.07) is 0. The van der Waals surface area contributed by atoms with Crippen LogP contribution in [0.4, 0.5) is 0 Å². The first-order valence-electron chi connectivity index (χ1n) is 5.69. The van der Waals surface area contributed by atoms with Crippen LogP contribution in [0.5, 0.6) is 0 Å². The Morgan fingerprint density at radius 3 is 0.913 bits per heavy atom. The van der Waals surface area contributed by atoms with Crippen molar-refractivity contribution >= 4 is 17.9 Å². The smallest absolute Gasteiger partial charge is 0.545 e. The first-order valence-corrected chi connectivity index (χ1v) is 5.69. The summed E-state index contributed by atoms with van der Waals surface area (Å²) >= 11 is 0. The maximum atomic E-state index is 9.60. The molecule has 0 unspecified atom stereocenters. The van der Waals surface area contributed by atoms with Gasteiger partial charge in [-0.3, -0.25) is 0 Å². The summed E-state index contributed by atoms with van der Waals surface area (Å²) in [5.41, 5.74) is 0.306. The van der Waals surface area contributed by atoms with Crippen molar-refractivity contribution in [3.05, 3.63) is 36.5 Å². The first-order chi connectivity index (χ1) is 9.84. The standard InChI is InChI=1S/3C4H6O2.C2H6O2.Zn/c3*1-3(2)4(5)6;3-1-2-4;/h3*1H2,2H3,(H,5,6);3-4H,1-2H2;/q;;;;+2/p-2. The van der Waals surface area contributed by atoms with Crippen LogP contribution in [-0.2, 0) is 33.9 Å². The van der Waals surface area contributed by atoms with Crippen molar-refractivity contribution in [2.24, 2.45) is 0 Å². The number of carboxylic acid groups (broad SMARTS) is 3. The number of hydrogen-bond donors (Lipinski definition) is 3. The minimum Gasteiger partial charge on any atom is -0.545 e. The fourth-order valence-corrected chi connectivity index (χ4v) is 0. The maximum absolute atomic E-state index is 9.60. The van der Waals surface area contributed by atoms with E-state index >= 15 is 0 Å². The van der Waals surface area contributed by atoms with Crippen molar-refractivity contribution < 1.29 is 59.4 Å². The molecule has 0 aromatic rings. The summed E-state index contributed by atoms with van der Waals surface area (Å²) in [5.74, 6) is -3.31. The van der Waals surface area contributed by atoms with E-state index in [1.807, 2.05) is 0 Å². The third-order valence-corrected chi connectivity index (χ3v) is 1.16. The van der Waals surface area contributed by atoms with Gasteiger partial charge in [0.15, 0.2) is 0 Å². The molecule has 9 heteroatoms. The van der Waals surface area contributed by atoms with Gasteiger partial charge in [0.1, 0.15) is 0 Å². The molecule has 0 amide bonds. The fraction of sp³-hybridized carbons (Fsp3) is 0.357. The average Bonchev–Trinajstić information content (AvgIpc) is 2.39. The van der Waals surface area contributed by atoms with Gasteiger partial charge in [-0.15, -0.1) is 0 Å². The van der Waals surface area contributed by atoms with E-state index in [9.17, 15) is 24.6 Å². The van der Waals surface area contributed by atoms with Gasteiger partial charge in [-0.2, -0.15) is 0 Å². The van der Waals surface area contributed by atoms with Crippen molar-refractivity contribution in [3.63, 3.8) is 0 Å². The Bertz CT molecular complexity index is 307. The van der Waals surface area contributed by atoms with E-state index in [0.29, 0.717) is 0 Å². The number of aliphatic hydroxyl groups excluding tert-OH is 2. The van der Waals surface area contributed by atoms with Gasteiger partial charge in [0.05, 0.1) is 25.2 Å². The number of rotatable bonds is 4. The van der Waals surface area contributed by atoms with E-state index in [2.05, 4.69) is 19.7 Å². The van der Waals surface area contributed by atoms with E-state index in [1.165, 1.54) is 20.8 Å². The molecule has 23 heavy (non-hydrogen) atoms. The van der Waals surface area contributed by atoms with Gasteiger partial charge in [0.25, 0.3) is 0 Å². The second-order valence-corrected chi connectivity index (χ2v) is 3.67. The Morgan fingerprint density at radius 2 is 0.913 bits per heavy atom. The molecule has 0 bridgehead atoms. The van der Waals surface area contributed by atoms with Gasteiger partial charge < -0.3 is 35.1 Å². The zero-order valence-electron chi connectivity index (χ0n) is 13.6. The van der Waals surface area contributed by atoms with Gasteiger partial charge in [-0.1, -0.05) is 19.7 Å². The summed E-state index contributed by atoms with van der Waals surface area (Å²) in [6.07, 6.45) is 0. The molecule has 0 aromatic heterocycles. The number of hydrogen-bond acceptors (Lipinski definition) is 7. The predicted molar refractivity (Wildman–Crippen MR) is 76.3 cm³/mol. The molecular formula is C14H22O8Zn. The molecule has 0 saturated carbocycles. The SMILES string of the molecule is C=C(C)C(=O)O.C=C(C)C(=O)[O-].C=C(C)C(=O)[O-].OCCO.[Zn+2]. The molecule has 0 aliphatic heterocycles. The Morgan fingerprint density at radius 1 is 0.783 bits per heavy atom. The molecule has 0 radical (unpaired) electrons. The van der Waals surface area contributed by atoms with Crippen LogP contribution < -0.4 is 10.2 Å². The Balaban J connectivity index is -0.0000000624. The van der Waals surface area contributed by atoms with Gasteiger partial charge in [0, 0.05) is 5.57 Å². The Hall–Kier alpha value is -1.83. The van der Waals surface area contributed by atoms with Gasteiger partial charge in [0.2, 0.25) is 0 Å². The van der Waals surface area contributed by atoms with Crippen LogP contribution in [0.15, 0.2) is 36.5 Å². The molecular weight excluding hydrogens is 362 g/mol. The quantitative estimate of drug-likeness (QED) is 0.380. The van der Waals surface area contributed by atoms with E-state index in [1.54, 1.807) is 0 Å². The monoisotopic (exact) mass is 382 g/mol. The number of carbonyl (C=O) groups excluding carboxylic acids is 2. The predicted octanol–water partition coefficient (Wildman–Crippen LogP) is -1.76. The minimum absolute atomic E-state index is 0. The molecule has 0 aromatic carbocycles. The summed E-state index contributed by atoms with van der Waals surface area (Å²) in [7, 11) is 0. The zero-order valence-corrected chi connectivity index (χ0v) is 16.6. The molecule has 0 aliphatic rings. The average molecular weight is 384 g/mol. The number of carbonyl (C=O) groups is 3. The summed E-state index contributed by atoms with van der Waals surface area (Å²) < 4.78 is 0. The Kier molecular flexibility index (Phi) is 32.2. The molecule has 0 atom stereocenters. The molecule has 0 rings (SSSR count). The van der Waals surface area contributed by atoms with Crippen molar-refractivity contribution in [2.75, 3.05) is 13.2 Å². The summed E-state index contributed by atoms with van der Waals surface area (Å²) in [5, 5.41) is 42.1. The van der Waals surface area contributed by atoms with E-state index in [0.717, 1.165) is 0 Å². The molecule has 0 saturated heterocycles. The van der Waals surface area contributed by atoms with Crippen LogP contribution >= 0.6 is 0 Å². The number of aliphatic hydroxyl groups is 2. The molecule has 0 spiro atoms. The molecule has 3 N–H and O–H groups in total. The fourth-order valence-electron chi connectivity index (χ4n) is 0. The van der Waals surface area contributed by atoms with Crippen molar-refractivity contribution in [1.82, 2.24) is 0 Å². The zero-order chi connectivity index (χ0) is 18.9.